The molecule has 3 N–H and O–H groups in total. The zero-order chi connectivity index (χ0) is 29.8. The lowest BCUT2D eigenvalue weighted by Gasteiger charge is -2.40. The third-order valence-corrected chi connectivity index (χ3v) is 6.92. The van der Waals surface area contributed by atoms with Crippen molar-refractivity contribution >= 4 is 17.2 Å². The zero-order valence-corrected chi connectivity index (χ0v) is 24.7. The van der Waals surface area contributed by atoms with Gasteiger partial charge in [0.1, 0.15) is 17.6 Å². The maximum Gasteiger partial charge on any atom is 0.251 e. The first kappa shape index (κ1) is 31.1. The smallest absolute Gasteiger partial charge is 0.251 e. The van der Waals surface area contributed by atoms with Crippen LogP contribution in [0.1, 0.15) is 62.4 Å². The molecular formula is C32H41N7O2. The molecule has 9 heteroatoms. The molecule has 0 aliphatic carbocycles. The van der Waals surface area contributed by atoms with Crippen molar-refractivity contribution in [1.82, 2.24) is 25.2 Å². The van der Waals surface area contributed by atoms with Gasteiger partial charge in [-0.05, 0) is 64.2 Å². The molecule has 1 aliphatic rings. The van der Waals surface area contributed by atoms with E-state index in [0.717, 1.165) is 37.3 Å². The fourth-order valence-corrected chi connectivity index (χ4v) is 4.43. The van der Waals surface area contributed by atoms with Crippen molar-refractivity contribution in [2.75, 3.05) is 32.1 Å². The van der Waals surface area contributed by atoms with E-state index >= 15 is 0 Å². The lowest BCUT2D eigenvalue weighted by Crippen LogP contribution is -2.53. The van der Waals surface area contributed by atoms with E-state index < -0.39 is 0 Å². The third kappa shape index (κ3) is 8.05. The van der Waals surface area contributed by atoms with E-state index in [-0.39, 0.29) is 17.2 Å². The lowest BCUT2D eigenvalue weighted by molar-refractivity contribution is 0.0891. The summed E-state index contributed by atoms with van der Waals surface area (Å²) >= 11 is 0. The van der Waals surface area contributed by atoms with E-state index in [1.165, 1.54) is 29.8 Å². The van der Waals surface area contributed by atoms with Crippen molar-refractivity contribution in [2.24, 2.45) is 0 Å². The maximum atomic E-state index is 12.6. The Hall–Kier alpha value is -4.42. The van der Waals surface area contributed by atoms with Crippen LogP contribution in [-0.2, 0) is 0 Å². The molecule has 1 saturated heterocycles. The lowest BCUT2D eigenvalue weighted by atomic mass is 9.89. The van der Waals surface area contributed by atoms with Gasteiger partial charge in [-0.1, -0.05) is 44.9 Å². The molecule has 3 aromatic heterocycles. The van der Waals surface area contributed by atoms with Gasteiger partial charge in [0.25, 0.3) is 5.91 Å². The highest BCUT2D eigenvalue weighted by Crippen LogP contribution is 2.32. The summed E-state index contributed by atoms with van der Waals surface area (Å²) < 4.78 is 1.51. The Balaban J connectivity index is 0.000000598. The van der Waals surface area contributed by atoms with Crippen LogP contribution in [-0.4, -0.2) is 58.3 Å². The second kappa shape index (κ2) is 14.8. The van der Waals surface area contributed by atoms with Crippen LogP contribution in [0.2, 0.25) is 0 Å². The number of nitrogens with zero attached hydrogens (tertiary/aromatic N) is 5. The van der Waals surface area contributed by atoms with Crippen LogP contribution in [0.25, 0.3) is 16.6 Å². The fourth-order valence-electron chi connectivity index (χ4n) is 4.43. The van der Waals surface area contributed by atoms with Gasteiger partial charge in [0.15, 0.2) is 0 Å². The summed E-state index contributed by atoms with van der Waals surface area (Å²) in [5, 5.41) is 29.6. The highest BCUT2D eigenvalue weighted by Gasteiger charge is 2.32. The summed E-state index contributed by atoms with van der Waals surface area (Å²) in [7, 11) is 3.75. The predicted molar refractivity (Wildman–Crippen MR) is 164 cm³/mol. The molecule has 1 amide bonds. The molecule has 5 rings (SSSR count). The zero-order valence-electron chi connectivity index (χ0n) is 24.7. The van der Waals surface area contributed by atoms with Crippen molar-refractivity contribution in [3.63, 3.8) is 0 Å². The predicted octanol–water partition coefficient (Wildman–Crippen LogP) is 5.40. The Kier molecular flexibility index (Phi) is 11.2. The van der Waals surface area contributed by atoms with Gasteiger partial charge >= 0.3 is 0 Å². The number of fused-ring (bicyclic) bond motifs is 1. The van der Waals surface area contributed by atoms with Gasteiger partial charge in [0.2, 0.25) is 0 Å². The number of benzene rings is 1. The summed E-state index contributed by atoms with van der Waals surface area (Å²) in [5.41, 5.74) is 2.96. The van der Waals surface area contributed by atoms with E-state index in [4.69, 9.17) is 0 Å². The van der Waals surface area contributed by atoms with Crippen LogP contribution in [0.15, 0.2) is 67.1 Å². The number of rotatable bonds is 5. The monoisotopic (exact) mass is 555 g/mol. The minimum Gasteiger partial charge on any atom is -0.506 e. The second-order valence-electron chi connectivity index (χ2n) is 10.3. The summed E-state index contributed by atoms with van der Waals surface area (Å²) in [4.78, 5) is 19.5. The number of anilines is 1. The van der Waals surface area contributed by atoms with Crippen molar-refractivity contribution < 1.29 is 9.90 Å². The molecule has 0 saturated carbocycles. The molecule has 4 heterocycles. The molecule has 216 valence electrons. The van der Waals surface area contributed by atoms with E-state index in [1.54, 1.807) is 12.3 Å². The van der Waals surface area contributed by atoms with Crippen LogP contribution < -0.4 is 15.5 Å². The minimum atomic E-state index is -0.272. The van der Waals surface area contributed by atoms with E-state index in [1.807, 2.05) is 56.6 Å². The van der Waals surface area contributed by atoms with Gasteiger partial charge in [0, 0.05) is 41.5 Å². The molecule has 4 aromatic rings. The second-order valence-corrected chi connectivity index (χ2v) is 10.3. The standard InChI is InChI=1S/C26H24N6O2.C4H10.C2H7N/c1-26(30-25(34)18-5-3-2-4-6-18)9-11-31(12-10-26)23-8-7-19(15-28-23)22-13-21(33)17-32-24(22)20(14-27)16-29-32;1-3-4-2;1-3-2/h2-8,13,15-17,33H,9-12H2,1H3,(H,30,34);3-4H2,1-2H3;3H,1-2H3. The summed E-state index contributed by atoms with van der Waals surface area (Å²) in [6.45, 7) is 8.00. The number of pyridine rings is 2. The molecule has 0 atom stereocenters. The largest absolute Gasteiger partial charge is 0.506 e. The summed E-state index contributed by atoms with van der Waals surface area (Å²) in [6, 6.07) is 16.9. The normalized spacial score (nSPS) is 13.7. The number of nitrogens with one attached hydrogen (secondary N) is 2. The van der Waals surface area contributed by atoms with Crippen molar-refractivity contribution in [3.8, 4) is 22.9 Å². The first-order chi connectivity index (χ1) is 19.8. The van der Waals surface area contributed by atoms with Crippen molar-refractivity contribution in [2.45, 2.75) is 52.0 Å². The molecular weight excluding hydrogens is 514 g/mol. The van der Waals surface area contributed by atoms with Crippen molar-refractivity contribution in [1.29, 1.82) is 5.26 Å². The summed E-state index contributed by atoms with van der Waals surface area (Å²) in [6.07, 6.45) is 8.97. The SMILES string of the molecule is CC1(NC(=O)c2ccccc2)CCN(c2ccc(-c3cc(O)cn4ncc(C#N)c34)cn2)CC1.CCCC.CNC. The number of nitriles is 1. The number of piperidine rings is 1. The van der Waals surface area contributed by atoms with E-state index in [9.17, 15) is 15.2 Å². The van der Waals surface area contributed by atoms with Gasteiger partial charge in [-0.25, -0.2) is 9.50 Å². The fraction of sp³-hybridized carbons (Fsp3) is 0.375. The molecule has 9 nitrogen and oxygen atoms in total. The molecule has 0 unspecified atom stereocenters. The number of aromatic nitrogens is 3. The first-order valence-corrected chi connectivity index (χ1v) is 14.1. The van der Waals surface area contributed by atoms with Crippen LogP contribution >= 0.6 is 0 Å². The Morgan fingerprint density at radius 3 is 2.29 bits per heavy atom. The quantitative estimate of drug-likeness (QED) is 0.302. The van der Waals surface area contributed by atoms with Gasteiger partial charge in [-0.15, -0.1) is 0 Å². The van der Waals surface area contributed by atoms with Crippen molar-refractivity contribution in [3.05, 3.63) is 78.2 Å². The molecule has 0 spiro atoms. The van der Waals surface area contributed by atoms with Crippen LogP contribution in [0, 0.1) is 11.3 Å². The van der Waals surface area contributed by atoms with Gasteiger partial charge in [-0.2, -0.15) is 10.4 Å². The number of amides is 1. The van der Waals surface area contributed by atoms with Crippen LogP contribution in [0.5, 0.6) is 5.75 Å². The minimum absolute atomic E-state index is 0.0481. The highest BCUT2D eigenvalue weighted by atomic mass is 16.3. The van der Waals surface area contributed by atoms with E-state index in [0.29, 0.717) is 22.2 Å². The highest BCUT2D eigenvalue weighted by molar-refractivity contribution is 5.94. The Morgan fingerprint density at radius 2 is 1.73 bits per heavy atom. The van der Waals surface area contributed by atoms with Crippen LogP contribution in [0.3, 0.4) is 0 Å². The molecule has 1 aromatic carbocycles. The number of aromatic hydroxyl groups is 1. The van der Waals surface area contributed by atoms with Crippen LogP contribution in [0.4, 0.5) is 5.82 Å². The number of unbranched alkanes of at least 4 members (excludes halogenated alkanes) is 1. The van der Waals surface area contributed by atoms with E-state index in [2.05, 4.69) is 52.5 Å². The average molecular weight is 556 g/mol. The Labute approximate surface area is 242 Å². The Morgan fingerprint density at radius 1 is 1.07 bits per heavy atom. The third-order valence-electron chi connectivity index (χ3n) is 6.92. The number of carbonyl (C=O) groups is 1. The number of hydrogen-bond donors (Lipinski definition) is 3. The van der Waals surface area contributed by atoms with Gasteiger partial charge < -0.3 is 20.6 Å². The molecule has 0 bridgehead atoms. The number of hydrogen-bond acceptors (Lipinski definition) is 7. The molecule has 1 aliphatic heterocycles. The number of carbonyl (C=O) groups excluding carboxylic acids is 1. The maximum absolute atomic E-state index is 12.6. The Bertz CT molecular complexity index is 1430. The summed E-state index contributed by atoms with van der Waals surface area (Å²) in [5.74, 6) is 0.866. The van der Waals surface area contributed by atoms with Gasteiger partial charge in [0.05, 0.1) is 23.5 Å². The van der Waals surface area contributed by atoms with Gasteiger partial charge in [-0.3, -0.25) is 4.79 Å². The molecule has 41 heavy (non-hydrogen) atoms. The average Bonchev–Trinajstić information content (AvgIpc) is 3.41. The molecule has 1 fully saturated rings. The first-order valence-electron chi connectivity index (χ1n) is 14.1. The topological polar surface area (TPSA) is 119 Å². The molecule has 0 radical (unpaired) electrons.